The van der Waals surface area contributed by atoms with Gasteiger partial charge in [-0.2, -0.15) is 15.3 Å². The number of aromatic nitrogens is 3. The molecule has 1 aromatic heterocycles. The van der Waals surface area contributed by atoms with Gasteiger partial charge < -0.3 is 10.2 Å². The van der Waals surface area contributed by atoms with Crippen LogP contribution in [0.15, 0.2) is 30.5 Å². The predicted octanol–water partition coefficient (Wildman–Crippen LogP) is 3.11. The summed E-state index contributed by atoms with van der Waals surface area (Å²) in [6.07, 6.45) is 3.62. The van der Waals surface area contributed by atoms with Crippen molar-refractivity contribution in [2.45, 2.75) is 26.7 Å². The van der Waals surface area contributed by atoms with Gasteiger partial charge in [0.15, 0.2) is 5.82 Å². The van der Waals surface area contributed by atoms with Gasteiger partial charge in [0.1, 0.15) is 6.07 Å². The zero-order valence-corrected chi connectivity index (χ0v) is 13.0. The van der Waals surface area contributed by atoms with Gasteiger partial charge in [0.2, 0.25) is 5.95 Å². The van der Waals surface area contributed by atoms with Crippen LogP contribution in [0.2, 0.25) is 0 Å². The molecule has 0 unspecified atom stereocenters. The smallest absolute Gasteiger partial charge is 0.247 e. The molecule has 2 aromatic rings. The Morgan fingerprint density at radius 2 is 1.91 bits per heavy atom. The summed E-state index contributed by atoms with van der Waals surface area (Å²) in [5, 5.41) is 20.4. The zero-order valence-electron chi connectivity index (χ0n) is 13.0. The second-order valence-corrected chi connectivity index (χ2v) is 4.91. The van der Waals surface area contributed by atoms with Gasteiger partial charge in [0.25, 0.3) is 0 Å². The SMILES string of the molecule is CCCN(CCC)c1nncc(Nc2ccccc2C#N)n1. The van der Waals surface area contributed by atoms with Crippen molar-refractivity contribution in [2.24, 2.45) is 0 Å². The van der Waals surface area contributed by atoms with Crippen LogP contribution in [0.4, 0.5) is 17.5 Å². The maximum absolute atomic E-state index is 9.13. The number of benzene rings is 1. The van der Waals surface area contributed by atoms with Crippen LogP contribution in [0.25, 0.3) is 0 Å². The highest BCUT2D eigenvalue weighted by molar-refractivity contribution is 5.64. The topological polar surface area (TPSA) is 77.7 Å². The largest absolute Gasteiger partial charge is 0.339 e. The molecule has 1 aromatic carbocycles. The van der Waals surface area contributed by atoms with Crippen LogP contribution in [0.1, 0.15) is 32.3 Å². The van der Waals surface area contributed by atoms with Crippen molar-refractivity contribution in [2.75, 3.05) is 23.3 Å². The van der Waals surface area contributed by atoms with E-state index in [0.29, 0.717) is 23.0 Å². The molecule has 0 bridgehead atoms. The summed E-state index contributed by atoms with van der Waals surface area (Å²) in [5.74, 6) is 1.20. The van der Waals surface area contributed by atoms with Gasteiger partial charge in [-0.15, -0.1) is 5.10 Å². The number of hydrogen-bond acceptors (Lipinski definition) is 6. The summed E-state index contributed by atoms with van der Waals surface area (Å²) in [4.78, 5) is 6.63. The molecule has 0 aliphatic carbocycles. The quantitative estimate of drug-likeness (QED) is 0.846. The Morgan fingerprint density at radius 1 is 1.18 bits per heavy atom. The molecule has 2 rings (SSSR count). The van der Waals surface area contributed by atoms with Crippen LogP contribution in [0, 0.1) is 11.3 Å². The maximum atomic E-state index is 9.13. The van der Waals surface area contributed by atoms with Gasteiger partial charge in [-0.05, 0) is 25.0 Å². The summed E-state index contributed by atoms with van der Waals surface area (Å²) in [6.45, 7) is 6.05. The van der Waals surface area contributed by atoms with Gasteiger partial charge in [-0.1, -0.05) is 26.0 Å². The molecule has 22 heavy (non-hydrogen) atoms. The molecule has 1 N–H and O–H groups in total. The molecular weight excluding hydrogens is 276 g/mol. The lowest BCUT2D eigenvalue weighted by Crippen LogP contribution is -2.27. The standard InChI is InChI=1S/C16H20N6/c1-3-9-22(10-4-2)16-20-15(12-18-21-16)19-14-8-6-5-7-13(14)11-17/h5-8,12H,3-4,9-10H2,1-2H3,(H,19,20,21). The van der Waals surface area contributed by atoms with E-state index < -0.39 is 0 Å². The van der Waals surface area contributed by atoms with Crippen molar-refractivity contribution < 1.29 is 0 Å². The summed E-state index contributed by atoms with van der Waals surface area (Å²) in [6, 6.07) is 9.47. The van der Waals surface area contributed by atoms with E-state index in [-0.39, 0.29) is 0 Å². The van der Waals surface area contributed by atoms with Crippen LogP contribution < -0.4 is 10.2 Å². The Hall–Kier alpha value is -2.68. The molecule has 0 radical (unpaired) electrons. The highest BCUT2D eigenvalue weighted by Gasteiger charge is 2.10. The highest BCUT2D eigenvalue weighted by atomic mass is 15.3. The van der Waals surface area contributed by atoms with E-state index in [4.69, 9.17) is 5.26 Å². The minimum absolute atomic E-state index is 0.571. The van der Waals surface area contributed by atoms with Crippen molar-refractivity contribution in [1.82, 2.24) is 15.2 Å². The molecule has 114 valence electrons. The van der Waals surface area contributed by atoms with Gasteiger partial charge in [-0.3, -0.25) is 0 Å². The van der Waals surface area contributed by atoms with Crippen LogP contribution in [-0.2, 0) is 0 Å². The summed E-state index contributed by atoms with van der Waals surface area (Å²) >= 11 is 0. The van der Waals surface area contributed by atoms with Gasteiger partial charge in [0.05, 0.1) is 17.4 Å². The number of nitrogens with one attached hydrogen (secondary N) is 1. The molecule has 6 heteroatoms. The molecule has 1 heterocycles. The Morgan fingerprint density at radius 3 is 2.59 bits per heavy atom. The first-order valence-electron chi connectivity index (χ1n) is 7.49. The number of para-hydroxylation sites is 1. The van der Waals surface area contributed by atoms with E-state index in [9.17, 15) is 0 Å². The molecule has 0 fully saturated rings. The van der Waals surface area contributed by atoms with E-state index in [0.717, 1.165) is 25.9 Å². The van der Waals surface area contributed by atoms with E-state index in [2.05, 4.69) is 45.3 Å². The highest BCUT2D eigenvalue weighted by Crippen LogP contribution is 2.19. The average molecular weight is 296 g/mol. The minimum Gasteiger partial charge on any atom is -0.339 e. The third kappa shape index (κ3) is 3.92. The van der Waals surface area contributed by atoms with E-state index in [1.165, 1.54) is 0 Å². The number of anilines is 3. The van der Waals surface area contributed by atoms with Gasteiger partial charge >= 0.3 is 0 Å². The molecule has 0 saturated heterocycles. The Bertz CT molecular complexity index is 643. The molecule has 0 aliphatic rings. The fraction of sp³-hybridized carbons (Fsp3) is 0.375. The van der Waals surface area contributed by atoms with E-state index in [1.807, 2.05) is 18.2 Å². The Kier molecular flexibility index (Phi) is 5.66. The third-order valence-corrected chi connectivity index (χ3v) is 3.13. The summed E-state index contributed by atoms with van der Waals surface area (Å²) < 4.78 is 0. The van der Waals surface area contributed by atoms with E-state index in [1.54, 1.807) is 12.3 Å². The molecule has 0 spiro atoms. The monoisotopic (exact) mass is 296 g/mol. The second-order valence-electron chi connectivity index (χ2n) is 4.91. The molecule has 0 aliphatic heterocycles. The van der Waals surface area contributed by atoms with Crippen LogP contribution in [0.5, 0.6) is 0 Å². The molecular formula is C16H20N6. The number of rotatable bonds is 7. The Labute approximate surface area is 130 Å². The van der Waals surface area contributed by atoms with Gasteiger partial charge in [0, 0.05) is 13.1 Å². The third-order valence-electron chi connectivity index (χ3n) is 3.13. The lowest BCUT2D eigenvalue weighted by atomic mass is 10.2. The van der Waals surface area contributed by atoms with Crippen molar-refractivity contribution in [3.8, 4) is 6.07 Å². The second kappa shape index (κ2) is 7.93. The lowest BCUT2D eigenvalue weighted by Gasteiger charge is -2.21. The molecule has 6 nitrogen and oxygen atoms in total. The summed E-state index contributed by atoms with van der Waals surface area (Å²) in [7, 11) is 0. The predicted molar refractivity (Wildman–Crippen MR) is 87.1 cm³/mol. The average Bonchev–Trinajstić information content (AvgIpc) is 2.55. The molecule has 0 saturated carbocycles. The summed E-state index contributed by atoms with van der Waals surface area (Å²) in [5.41, 5.74) is 1.29. The first-order chi connectivity index (χ1) is 10.8. The molecule has 0 amide bonds. The van der Waals surface area contributed by atoms with Crippen molar-refractivity contribution in [3.63, 3.8) is 0 Å². The molecule has 0 atom stereocenters. The minimum atomic E-state index is 0.571. The van der Waals surface area contributed by atoms with Crippen LogP contribution in [0.3, 0.4) is 0 Å². The maximum Gasteiger partial charge on any atom is 0.247 e. The number of hydrogen-bond donors (Lipinski definition) is 1. The normalized spacial score (nSPS) is 10.0. The zero-order chi connectivity index (χ0) is 15.8. The van der Waals surface area contributed by atoms with Crippen LogP contribution >= 0.6 is 0 Å². The van der Waals surface area contributed by atoms with Crippen LogP contribution in [-0.4, -0.2) is 28.3 Å². The first kappa shape index (κ1) is 15.7. The van der Waals surface area contributed by atoms with Crippen molar-refractivity contribution in [1.29, 1.82) is 5.26 Å². The van der Waals surface area contributed by atoms with Crippen molar-refractivity contribution in [3.05, 3.63) is 36.0 Å². The fourth-order valence-corrected chi connectivity index (χ4v) is 2.17. The van der Waals surface area contributed by atoms with E-state index >= 15 is 0 Å². The fourth-order valence-electron chi connectivity index (χ4n) is 2.17. The van der Waals surface area contributed by atoms with Crippen molar-refractivity contribution >= 4 is 17.5 Å². The number of nitrogens with zero attached hydrogens (tertiary/aromatic N) is 5. The lowest BCUT2D eigenvalue weighted by molar-refractivity contribution is 0.711. The number of nitriles is 1. The Balaban J connectivity index is 2.22. The van der Waals surface area contributed by atoms with Gasteiger partial charge in [-0.25, -0.2) is 0 Å². The first-order valence-corrected chi connectivity index (χ1v) is 7.49.